The summed E-state index contributed by atoms with van der Waals surface area (Å²) in [6.07, 6.45) is 2.90. The maximum absolute atomic E-state index is 13.9. The molecule has 4 rings (SSSR count). The second-order valence-electron chi connectivity index (χ2n) is 10.4. The maximum atomic E-state index is 13.9. The highest BCUT2D eigenvalue weighted by atomic mass is 32.2. The second kappa shape index (κ2) is 10.9. The number of hydrogen-bond donors (Lipinski definition) is 1. The highest BCUT2D eigenvalue weighted by molar-refractivity contribution is 7.92. The molecule has 2 atom stereocenters. The van der Waals surface area contributed by atoms with E-state index in [0.29, 0.717) is 36.2 Å². The van der Waals surface area contributed by atoms with Crippen molar-refractivity contribution in [3.8, 4) is 0 Å². The number of ether oxygens (including phenoxy) is 1. The molecule has 1 saturated heterocycles. The first-order valence-corrected chi connectivity index (χ1v) is 14.4. The van der Waals surface area contributed by atoms with Crippen molar-refractivity contribution in [2.75, 3.05) is 35.5 Å². The van der Waals surface area contributed by atoms with Crippen molar-refractivity contribution < 1.29 is 18.3 Å². The lowest BCUT2D eigenvalue weighted by Crippen LogP contribution is -2.44. The van der Waals surface area contributed by atoms with E-state index >= 15 is 0 Å². The molecule has 2 aliphatic heterocycles. The fraction of sp³-hybridized carbons (Fsp3) is 0.571. The highest BCUT2D eigenvalue weighted by Crippen LogP contribution is 2.39. The van der Waals surface area contributed by atoms with E-state index in [2.05, 4.69) is 18.7 Å². The number of nitrogens with zero attached hydrogens (tertiary/aromatic N) is 2. The van der Waals surface area contributed by atoms with E-state index < -0.39 is 16.1 Å². The molecule has 0 radical (unpaired) electrons. The number of aliphatic hydroxyl groups excluding tert-OH is 1. The molecule has 0 spiro atoms. The summed E-state index contributed by atoms with van der Waals surface area (Å²) in [5.41, 5.74) is 3.50. The van der Waals surface area contributed by atoms with Gasteiger partial charge in [0.2, 0.25) is 0 Å². The van der Waals surface area contributed by atoms with Crippen LogP contribution in [-0.4, -0.2) is 45.9 Å². The quantitative estimate of drug-likeness (QED) is 0.542. The summed E-state index contributed by atoms with van der Waals surface area (Å²) in [7, 11) is -3.80. The van der Waals surface area contributed by atoms with E-state index in [1.54, 1.807) is 12.1 Å². The average molecular weight is 501 g/mol. The SMILES string of the molecule is CCc1ccc(N(CC(C)C)S(=O)(=O)c2ccc3c(c2)C(O)CCN3[C@@H](C)C2CCOCC2)cc1. The van der Waals surface area contributed by atoms with Crippen LogP contribution in [0.5, 0.6) is 0 Å². The molecule has 0 saturated carbocycles. The number of anilines is 2. The Kier molecular flexibility index (Phi) is 8.09. The zero-order valence-electron chi connectivity index (χ0n) is 21.5. The number of aryl methyl sites for hydroxylation is 1. The van der Waals surface area contributed by atoms with Gasteiger partial charge in [0.05, 0.1) is 16.7 Å². The van der Waals surface area contributed by atoms with Gasteiger partial charge >= 0.3 is 0 Å². The Balaban J connectivity index is 1.68. The summed E-state index contributed by atoms with van der Waals surface area (Å²) < 4.78 is 34.8. The topological polar surface area (TPSA) is 70.1 Å². The Morgan fingerprint density at radius 2 is 1.74 bits per heavy atom. The number of rotatable bonds is 8. The van der Waals surface area contributed by atoms with E-state index in [4.69, 9.17) is 4.74 Å². The maximum Gasteiger partial charge on any atom is 0.264 e. The van der Waals surface area contributed by atoms with Gasteiger partial charge in [-0.25, -0.2) is 8.42 Å². The van der Waals surface area contributed by atoms with Crippen LogP contribution in [0.4, 0.5) is 11.4 Å². The molecular weight excluding hydrogens is 460 g/mol. The van der Waals surface area contributed by atoms with Crippen LogP contribution in [0.3, 0.4) is 0 Å². The molecule has 0 aromatic heterocycles. The molecule has 7 heteroatoms. The van der Waals surface area contributed by atoms with Crippen LogP contribution in [0.25, 0.3) is 0 Å². The Morgan fingerprint density at radius 1 is 1.06 bits per heavy atom. The van der Waals surface area contributed by atoms with Gasteiger partial charge < -0.3 is 14.7 Å². The Bertz CT molecular complexity index is 1090. The van der Waals surface area contributed by atoms with Gasteiger partial charge in [-0.2, -0.15) is 0 Å². The summed E-state index contributed by atoms with van der Waals surface area (Å²) in [5.74, 6) is 0.692. The van der Waals surface area contributed by atoms with Crippen molar-refractivity contribution in [1.82, 2.24) is 0 Å². The van der Waals surface area contributed by atoms with Crippen LogP contribution in [0, 0.1) is 11.8 Å². The first kappa shape index (κ1) is 26.0. The third-order valence-electron chi connectivity index (χ3n) is 7.50. The monoisotopic (exact) mass is 500 g/mol. The van der Waals surface area contributed by atoms with Crippen molar-refractivity contribution in [2.45, 2.75) is 70.4 Å². The van der Waals surface area contributed by atoms with Gasteiger partial charge in [-0.05, 0) is 80.3 Å². The standard InChI is InChI=1S/C28H40N2O4S/c1-5-22-6-8-24(9-7-22)30(19-20(2)3)35(32,33)25-10-11-27-26(18-25)28(31)12-15-29(27)21(4)23-13-16-34-17-14-23/h6-11,18,20-21,23,28,31H,5,12-17,19H2,1-4H3/t21-,28?/m0/s1. The molecule has 2 aromatic carbocycles. The predicted molar refractivity (Wildman–Crippen MR) is 142 cm³/mol. The normalized spacial score (nSPS) is 20.1. The molecule has 2 aliphatic rings. The molecule has 2 heterocycles. The predicted octanol–water partition coefficient (Wildman–Crippen LogP) is 5.16. The minimum atomic E-state index is -3.80. The van der Waals surface area contributed by atoms with Crippen LogP contribution in [-0.2, 0) is 21.2 Å². The largest absolute Gasteiger partial charge is 0.388 e. The number of sulfonamides is 1. The Hall–Kier alpha value is -2.09. The molecular formula is C28H40N2O4S. The minimum Gasteiger partial charge on any atom is -0.388 e. The van der Waals surface area contributed by atoms with Gasteiger partial charge in [0.1, 0.15) is 0 Å². The molecule has 1 unspecified atom stereocenters. The van der Waals surface area contributed by atoms with Crippen LogP contribution in [0.2, 0.25) is 0 Å². The smallest absolute Gasteiger partial charge is 0.264 e. The molecule has 192 valence electrons. The molecule has 0 bridgehead atoms. The van der Waals surface area contributed by atoms with Gasteiger partial charge in [0, 0.05) is 43.6 Å². The number of aliphatic hydroxyl groups is 1. The molecule has 35 heavy (non-hydrogen) atoms. The number of hydrogen-bond acceptors (Lipinski definition) is 5. The fourth-order valence-corrected chi connectivity index (χ4v) is 7.00. The molecule has 1 fully saturated rings. The molecule has 6 nitrogen and oxygen atoms in total. The van der Waals surface area contributed by atoms with Gasteiger partial charge in [-0.3, -0.25) is 4.31 Å². The summed E-state index contributed by atoms with van der Waals surface area (Å²) >= 11 is 0. The van der Waals surface area contributed by atoms with E-state index in [-0.39, 0.29) is 10.8 Å². The lowest BCUT2D eigenvalue weighted by atomic mass is 9.89. The van der Waals surface area contributed by atoms with Crippen molar-refractivity contribution in [1.29, 1.82) is 0 Å². The second-order valence-corrected chi connectivity index (χ2v) is 12.2. The molecule has 0 amide bonds. The zero-order chi connectivity index (χ0) is 25.2. The zero-order valence-corrected chi connectivity index (χ0v) is 22.3. The number of benzene rings is 2. The van der Waals surface area contributed by atoms with Crippen LogP contribution in [0.1, 0.15) is 64.2 Å². The van der Waals surface area contributed by atoms with Gasteiger partial charge in [0.15, 0.2) is 0 Å². The van der Waals surface area contributed by atoms with Gasteiger partial charge in [-0.15, -0.1) is 0 Å². The summed E-state index contributed by atoms with van der Waals surface area (Å²) in [5, 5.41) is 10.9. The van der Waals surface area contributed by atoms with Crippen LogP contribution < -0.4 is 9.21 Å². The third kappa shape index (κ3) is 5.52. The van der Waals surface area contributed by atoms with E-state index in [9.17, 15) is 13.5 Å². The Morgan fingerprint density at radius 3 is 2.37 bits per heavy atom. The van der Waals surface area contributed by atoms with E-state index in [1.807, 2.05) is 44.2 Å². The van der Waals surface area contributed by atoms with Gasteiger partial charge in [-0.1, -0.05) is 32.9 Å². The lowest BCUT2D eigenvalue weighted by Gasteiger charge is -2.42. The first-order valence-electron chi connectivity index (χ1n) is 13.0. The molecule has 2 aromatic rings. The Labute approximate surface area is 211 Å². The minimum absolute atomic E-state index is 0.162. The summed E-state index contributed by atoms with van der Waals surface area (Å²) in [4.78, 5) is 2.58. The van der Waals surface area contributed by atoms with Crippen LogP contribution in [0.15, 0.2) is 47.4 Å². The van der Waals surface area contributed by atoms with Crippen LogP contribution >= 0.6 is 0 Å². The highest BCUT2D eigenvalue weighted by Gasteiger charge is 2.33. The van der Waals surface area contributed by atoms with Gasteiger partial charge in [0.25, 0.3) is 10.0 Å². The molecule has 1 N–H and O–H groups in total. The number of fused-ring (bicyclic) bond motifs is 1. The molecule has 0 aliphatic carbocycles. The van der Waals surface area contributed by atoms with Crippen molar-refractivity contribution in [3.63, 3.8) is 0 Å². The average Bonchev–Trinajstić information content (AvgIpc) is 2.87. The van der Waals surface area contributed by atoms with E-state index in [1.165, 1.54) is 9.87 Å². The summed E-state index contributed by atoms with van der Waals surface area (Å²) in [6.45, 7) is 11.1. The fourth-order valence-electron chi connectivity index (χ4n) is 5.33. The summed E-state index contributed by atoms with van der Waals surface area (Å²) in [6, 6.07) is 13.4. The third-order valence-corrected chi connectivity index (χ3v) is 9.29. The lowest BCUT2D eigenvalue weighted by molar-refractivity contribution is 0.0583. The van der Waals surface area contributed by atoms with E-state index in [0.717, 1.165) is 44.7 Å². The van der Waals surface area contributed by atoms with Crippen molar-refractivity contribution >= 4 is 21.4 Å². The first-order chi connectivity index (χ1) is 16.7. The van der Waals surface area contributed by atoms with Crippen molar-refractivity contribution in [3.05, 3.63) is 53.6 Å². The van der Waals surface area contributed by atoms with Crippen molar-refractivity contribution in [2.24, 2.45) is 11.8 Å².